The molecule has 0 N–H and O–H groups in total. The second-order valence-electron chi connectivity index (χ2n) is 3.89. The SMILES string of the molecule is [CH2]CC1=NOC(COc2ccccc2)C1C. The van der Waals surface area contributed by atoms with Crippen LogP contribution in [0.5, 0.6) is 5.75 Å². The molecule has 0 fully saturated rings. The molecule has 16 heavy (non-hydrogen) atoms. The highest BCUT2D eigenvalue weighted by Gasteiger charge is 2.29. The number of rotatable bonds is 4. The van der Waals surface area contributed by atoms with E-state index in [1.807, 2.05) is 30.3 Å². The Labute approximate surface area is 96.1 Å². The van der Waals surface area contributed by atoms with E-state index in [0.717, 1.165) is 11.5 Å². The average molecular weight is 218 g/mol. The van der Waals surface area contributed by atoms with Crippen LogP contribution in [-0.2, 0) is 4.84 Å². The van der Waals surface area contributed by atoms with Crippen LogP contribution in [0.25, 0.3) is 0 Å². The Morgan fingerprint density at radius 1 is 1.38 bits per heavy atom. The van der Waals surface area contributed by atoms with Crippen LogP contribution in [0.3, 0.4) is 0 Å². The number of benzene rings is 1. The minimum absolute atomic E-state index is 0.0111. The Kier molecular flexibility index (Phi) is 3.44. The van der Waals surface area contributed by atoms with Crippen molar-refractivity contribution in [1.82, 2.24) is 0 Å². The van der Waals surface area contributed by atoms with Gasteiger partial charge in [-0.15, -0.1) is 0 Å². The van der Waals surface area contributed by atoms with Gasteiger partial charge in [0.05, 0.1) is 5.71 Å². The van der Waals surface area contributed by atoms with Gasteiger partial charge in [-0.2, -0.15) is 0 Å². The fraction of sp³-hybridized carbons (Fsp3) is 0.385. The molecule has 3 heteroatoms. The van der Waals surface area contributed by atoms with Gasteiger partial charge in [-0.25, -0.2) is 0 Å². The van der Waals surface area contributed by atoms with Crippen molar-refractivity contribution in [2.24, 2.45) is 11.1 Å². The van der Waals surface area contributed by atoms with Gasteiger partial charge in [0.25, 0.3) is 0 Å². The van der Waals surface area contributed by atoms with E-state index in [9.17, 15) is 0 Å². The van der Waals surface area contributed by atoms with Crippen LogP contribution in [0.2, 0.25) is 0 Å². The Morgan fingerprint density at radius 2 is 2.12 bits per heavy atom. The molecule has 1 aromatic rings. The topological polar surface area (TPSA) is 30.8 Å². The van der Waals surface area contributed by atoms with Gasteiger partial charge in [0.15, 0.2) is 6.10 Å². The van der Waals surface area contributed by atoms with Gasteiger partial charge in [-0.3, -0.25) is 0 Å². The maximum Gasteiger partial charge on any atom is 0.169 e. The molecule has 1 aromatic carbocycles. The number of nitrogens with zero attached hydrogens (tertiary/aromatic N) is 1. The van der Waals surface area contributed by atoms with Gasteiger partial charge >= 0.3 is 0 Å². The summed E-state index contributed by atoms with van der Waals surface area (Å²) in [7, 11) is 0. The largest absolute Gasteiger partial charge is 0.490 e. The van der Waals surface area contributed by atoms with Crippen LogP contribution in [0.1, 0.15) is 13.3 Å². The highest BCUT2D eigenvalue weighted by atomic mass is 16.7. The van der Waals surface area contributed by atoms with E-state index < -0.39 is 0 Å². The Morgan fingerprint density at radius 3 is 2.75 bits per heavy atom. The number of oxime groups is 1. The lowest BCUT2D eigenvalue weighted by atomic mass is 9.99. The van der Waals surface area contributed by atoms with Crippen LogP contribution in [0.15, 0.2) is 35.5 Å². The quantitative estimate of drug-likeness (QED) is 0.778. The normalized spacial score (nSPS) is 23.8. The van der Waals surface area contributed by atoms with Crippen molar-refractivity contribution in [1.29, 1.82) is 0 Å². The summed E-state index contributed by atoms with van der Waals surface area (Å²) in [6.45, 7) is 6.44. The maximum absolute atomic E-state index is 5.63. The fourth-order valence-electron chi connectivity index (χ4n) is 1.67. The minimum Gasteiger partial charge on any atom is -0.490 e. The molecule has 3 nitrogen and oxygen atoms in total. The van der Waals surface area contributed by atoms with Crippen molar-refractivity contribution in [3.8, 4) is 5.75 Å². The predicted octanol–water partition coefficient (Wildman–Crippen LogP) is 2.68. The van der Waals surface area contributed by atoms with Crippen LogP contribution in [0.4, 0.5) is 0 Å². The number of para-hydroxylation sites is 1. The lowest BCUT2D eigenvalue weighted by Gasteiger charge is -2.15. The molecule has 2 atom stereocenters. The number of hydrogen-bond acceptors (Lipinski definition) is 3. The van der Waals surface area contributed by atoms with Crippen molar-refractivity contribution < 1.29 is 9.57 Å². The Balaban J connectivity index is 1.85. The van der Waals surface area contributed by atoms with Gasteiger partial charge in [-0.1, -0.05) is 30.3 Å². The van der Waals surface area contributed by atoms with Crippen LogP contribution < -0.4 is 4.74 Å². The van der Waals surface area contributed by atoms with Gasteiger partial charge in [0.2, 0.25) is 0 Å². The summed E-state index contributed by atoms with van der Waals surface area (Å²) in [4.78, 5) is 5.31. The number of hydrogen-bond donors (Lipinski definition) is 0. The summed E-state index contributed by atoms with van der Waals surface area (Å²) < 4.78 is 5.63. The highest BCUT2D eigenvalue weighted by Crippen LogP contribution is 2.21. The van der Waals surface area contributed by atoms with Crippen molar-refractivity contribution in [2.75, 3.05) is 6.61 Å². The smallest absolute Gasteiger partial charge is 0.169 e. The molecule has 0 amide bonds. The standard InChI is InChI=1S/C13H16NO2/c1-3-12-10(2)13(16-14-12)9-15-11-7-5-4-6-8-11/h4-8,10,13H,1,3,9H2,2H3. The molecule has 0 saturated carbocycles. The van der Waals surface area contributed by atoms with Gasteiger partial charge < -0.3 is 9.57 Å². The minimum atomic E-state index is 0.0111. The molecule has 1 aliphatic rings. The number of ether oxygens (including phenoxy) is 1. The first-order valence-electron chi connectivity index (χ1n) is 5.51. The molecule has 0 aromatic heterocycles. The summed E-state index contributed by atoms with van der Waals surface area (Å²) >= 11 is 0. The highest BCUT2D eigenvalue weighted by molar-refractivity contribution is 5.87. The zero-order chi connectivity index (χ0) is 11.4. The molecular formula is C13H16NO2. The van der Waals surface area contributed by atoms with Crippen LogP contribution in [0, 0.1) is 12.8 Å². The molecule has 85 valence electrons. The summed E-state index contributed by atoms with van der Waals surface area (Å²) in [5.41, 5.74) is 1.02. The first kappa shape index (κ1) is 11.0. The molecular weight excluding hydrogens is 202 g/mol. The van der Waals surface area contributed by atoms with Crippen molar-refractivity contribution in [3.63, 3.8) is 0 Å². The van der Waals surface area contributed by atoms with Crippen molar-refractivity contribution >= 4 is 5.71 Å². The summed E-state index contributed by atoms with van der Waals surface area (Å²) in [5.74, 6) is 1.16. The van der Waals surface area contributed by atoms with Gasteiger partial charge in [-0.05, 0) is 25.5 Å². The Hall–Kier alpha value is -1.51. The monoisotopic (exact) mass is 218 g/mol. The molecule has 1 heterocycles. The zero-order valence-electron chi connectivity index (χ0n) is 9.43. The predicted molar refractivity (Wildman–Crippen MR) is 63.4 cm³/mol. The van der Waals surface area contributed by atoms with Gasteiger partial charge in [0.1, 0.15) is 12.4 Å². The van der Waals surface area contributed by atoms with Crippen molar-refractivity contribution in [2.45, 2.75) is 19.4 Å². The van der Waals surface area contributed by atoms with Crippen molar-refractivity contribution in [3.05, 3.63) is 37.3 Å². The van der Waals surface area contributed by atoms with E-state index in [1.54, 1.807) is 0 Å². The first-order chi connectivity index (χ1) is 7.81. The lowest BCUT2D eigenvalue weighted by molar-refractivity contribution is 0.0289. The molecule has 0 spiro atoms. The summed E-state index contributed by atoms with van der Waals surface area (Å²) in [5, 5.41) is 4.00. The van der Waals surface area contributed by atoms with E-state index in [-0.39, 0.29) is 6.10 Å². The van der Waals surface area contributed by atoms with E-state index in [2.05, 4.69) is 19.0 Å². The molecule has 2 rings (SSSR count). The third-order valence-electron chi connectivity index (χ3n) is 2.80. The summed E-state index contributed by atoms with van der Waals surface area (Å²) in [6, 6.07) is 9.73. The fourth-order valence-corrected chi connectivity index (χ4v) is 1.67. The van der Waals surface area contributed by atoms with Gasteiger partial charge in [0, 0.05) is 5.92 Å². The van der Waals surface area contributed by atoms with E-state index in [0.29, 0.717) is 18.9 Å². The zero-order valence-corrected chi connectivity index (χ0v) is 9.43. The van der Waals surface area contributed by atoms with Crippen LogP contribution >= 0.6 is 0 Å². The Bertz CT molecular complexity index is 361. The maximum atomic E-state index is 5.63. The summed E-state index contributed by atoms with van der Waals surface area (Å²) in [6.07, 6.45) is 0.708. The molecule has 2 unspecified atom stereocenters. The average Bonchev–Trinajstić information content (AvgIpc) is 2.69. The van der Waals surface area contributed by atoms with E-state index in [4.69, 9.17) is 9.57 Å². The molecule has 1 radical (unpaired) electrons. The molecule has 1 aliphatic heterocycles. The van der Waals surface area contributed by atoms with E-state index in [1.165, 1.54) is 0 Å². The second kappa shape index (κ2) is 5.01. The molecule has 0 aliphatic carbocycles. The molecule has 0 saturated heterocycles. The lowest BCUT2D eigenvalue weighted by Crippen LogP contribution is -2.26. The third kappa shape index (κ3) is 2.35. The molecule has 0 bridgehead atoms. The third-order valence-corrected chi connectivity index (χ3v) is 2.80. The van der Waals surface area contributed by atoms with Crippen LogP contribution in [-0.4, -0.2) is 18.4 Å². The first-order valence-corrected chi connectivity index (χ1v) is 5.51. The second-order valence-corrected chi connectivity index (χ2v) is 3.89. The van der Waals surface area contributed by atoms with E-state index >= 15 is 0 Å².